The molecule has 0 radical (unpaired) electrons. The number of carbonyl (C=O) groups is 7. The summed E-state index contributed by atoms with van der Waals surface area (Å²) in [6.45, 7) is 8.38. The fourth-order valence-corrected chi connectivity index (χ4v) is 12.7. The van der Waals surface area contributed by atoms with Crippen LogP contribution >= 0.6 is 8.53 Å². The van der Waals surface area contributed by atoms with E-state index in [9.17, 15) is 84.8 Å². The summed E-state index contributed by atoms with van der Waals surface area (Å²) in [7, 11) is -1.60. The Hall–Kier alpha value is -5.69. The first-order valence-electron chi connectivity index (χ1n) is 35.6. The van der Waals surface area contributed by atoms with Crippen LogP contribution in [0.5, 0.6) is 5.75 Å². The first-order valence-corrected chi connectivity index (χ1v) is 36.8. The second kappa shape index (κ2) is 51.7. The number of ether oxygens (including phenoxy) is 12. The molecule has 0 saturated carbocycles. The molecule has 39 nitrogen and oxygen atoms in total. The predicted octanol–water partition coefficient (Wildman–Crippen LogP) is -5.37. The molecule has 3 heterocycles. The number of hydrogen-bond donors (Lipinski definition) is 16. The van der Waals surface area contributed by atoms with Crippen LogP contribution < -0.4 is 41.7 Å². The highest BCUT2D eigenvalue weighted by molar-refractivity contribution is 7.45. The van der Waals surface area contributed by atoms with Crippen molar-refractivity contribution in [2.45, 2.75) is 197 Å². The third kappa shape index (κ3) is 34.6. The Morgan fingerprint density at radius 2 is 0.841 bits per heavy atom. The number of nitrogens with one attached hydrogen (secondary N) is 7. The van der Waals surface area contributed by atoms with Crippen LogP contribution in [0.15, 0.2) is 24.3 Å². The molecule has 0 spiro atoms. The zero-order chi connectivity index (χ0) is 78.8. The number of benzene rings is 1. The maximum absolute atomic E-state index is 14.2. The van der Waals surface area contributed by atoms with Crippen molar-refractivity contribution in [1.29, 1.82) is 5.26 Å². The summed E-state index contributed by atoms with van der Waals surface area (Å²) < 4.78 is 83.2. The molecule has 40 heteroatoms. The zero-order valence-electron chi connectivity index (χ0n) is 61.9. The van der Waals surface area contributed by atoms with Crippen molar-refractivity contribution >= 4 is 49.9 Å². The van der Waals surface area contributed by atoms with Crippen molar-refractivity contribution < 1.29 is 145 Å². The van der Waals surface area contributed by atoms with Crippen molar-refractivity contribution in [2.24, 2.45) is 0 Å². The van der Waals surface area contributed by atoms with Gasteiger partial charge in [0.25, 0.3) is 0 Å². The average Bonchev–Trinajstić information content (AvgIpc) is 0.814. The second-order valence-electron chi connectivity index (χ2n) is 25.8. The second-order valence-corrected chi connectivity index (χ2v) is 27.2. The van der Waals surface area contributed by atoms with Crippen LogP contribution in [0.3, 0.4) is 0 Å². The number of nitriles is 1. The van der Waals surface area contributed by atoms with Gasteiger partial charge in [-0.3, -0.25) is 33.6 Å². The van der Waals surface area contributed by atoms with Crippen LogP contribution in [-0.2, 0) is 101 Å². The van der Waals surface area contributed by atoms with Gasteiger partial charge in [0, 0.05) is 78.2 Å². The van der Waals surface area contributed by atoms with Crippen LogP contribution in [0.4, 0.5) is 0 Å². The Morgan fingerprint density at radius 1 is 0.486 bits per heavy atom. The minimum atomic E-state index is -1.60. The van der Waals surface area contributed by atoms with Crippen LogP contribution in [0.2, 0.25) is 0 Å². The van der Waals surface area contributed by atoms with Crippen LogP contribution in [0, 0.1) is 11.3 Å². The number of aliphatic hydroxyl groups is 9. The highest BCUT2D eigenvalue weighted by atomic mass is 31.2. The number of aryl methyl sites for hydroxylation is 1. The van der Waals surface area contributed by atoms with E-state index in [0.717, 1.165) is 5.56 Å². The number of nitrogens with zero attached hydrogens (tertiary/aromatic N) is 2. The monoisotopic (exact) mass is 1560 g/mol. The minimum Gasteiger partial charge on any atom is -0.436 e. The Bertz CT molecular complexity index is 2580. The summed E-state index contributed by atoms with van der Waals surface area (Å²) in [6.07, 6.45) is -16.4. The standard InChI is InChI=1S/C67H114N9O30P/c1-41(2)76(42(3)4)107(102-22-8-18-68)106-47-12-9-46(10-13-47)11-14-54(86)75-67(38-96-23-15-51(83)69-19-26-93-29-32-99-64-55(72-43(5)80)61(90)58(87)48(35-77)103-64,39-97-24-16-52(84)70-20-27-94-30-33-100-65-56(73-44(6)81)62(91)59(88)49(36-78)104-65)40-98-25-17-53(85)71-21-28-95-31-34-101-66-57(74-45(7)82)63(92)60(89)50(37-79)105-66/h9-10,12-13,41-42,48-50,55-66,77-79,87-92H,8,11,14-17,19-40H2,1-7H3,(H,69,83)(H,70,84)(H,71,85)(H,72,80)(H,73,81)(H,74,82)(H,75,86)/t48-,49-,50-,55-,56-,57-,58+,59+,60+,61-,62-,63-,64-,65-,66-,107?/m1/s1. The van der Waals surface area contributed by atoms with E-state index in [2.05, 4.69) is 48.0 Å². The molecule has 0 bridgehead atoms. The lowest BCUT2D eigenvalue weighted by Gasteiger charge is -2.42. The largest absolute Gasteiger partial charge is 0.436 e. The van der Waals surface area contributed by atoms with Crippen molar-refractivity contribution in [3.8, 4) is 11.8 Å². The Kier molecular flexibility index (Phi) is 45.3. The van der Waals surface area contributed by atoms with Crippen LogP contribution in [0.25, 0.3) is 0 Å². The molecular formula is C67H114N9O30P. The predicted molar refractivity (Wildman–Crippen MR) is 373 cm³/mol. The molecule has 16 atom stereocenters. The van der Waals surface area contributed by atoms with E-state index < -0.39 is 167 Å². The van der Waals surface area contributed by atoms with Gasteiger partial charge in [-0.2, -0.15) is 5.26 Å². The topological polar surface area (TPSA) is 542 Å². The number of amides is 7. The first kappa shape index (κ1) is 93.7. The molecule has 612 valence electrons. The van der Waals surface area contributed by atoms with E-state index >= 15 is 0 Å². The van der Waals surface area contributed by atoms with E-state index in [0.29, 0.717) is 5.75 Å². The molecule has 0 aromatic heterocycles. The van der Waals surface area contributed by atoms with Crippen molar-refractivity contribution in [3.05, 3.63) is 29.8 Å². The Labute approximate surface area is 623 Å². The van der Waals surface area contributed by atoms with Crippen molar-refractivity contribution in [2.75, 3.05) is 145 Å². The lowest BCUT2D eigenvalue weighted by Crippen LogP contribution is -2.64. The summed E-state index contributed by atoms with van der Waals surface area (Å²) >= 11 is 0. The van der Waals surface area contributed by atoms with Crippen molar-refractivity contribution in [3.63, 3.8) is 0 Å². The fourth-order valence-electron chi connectivity index (χ4n) is 11.1. The van der Waals surface area contributed by atoms with Gasteiger partial charge in [-0.05, 0) is 51.8 Å². The summed E-state index contributed by atoms with van der Waals surface area (Å²) in [5.74, 6) is -2.86. The van der Waals surface area contributed by atoms with Crippen LogP contribution in [0.1, 0.15) is 86.1 Å². The molecule has 3 aliphatic heterocycles. The van der Waals surface area contributed by atoms with Gasteiger partial charge < -0.3 is 149 Å². The van der Waals surface area contributed by atoms with Crippen LogP contribution in [-0.4, -0.2) is 347 Å². The SMILES string of the molecule is CC(=O)N[C@H]1[C@H](OCCOCCNC(=O)CCOCC(COCCC(=O)NCCOCCO[C@@H]2O[C@H](CO)[C@H](O)[C@H](O)[C@H]2NC(C)=O)(COCCC(=O)NCCOCCO[C@@H]2O[C@H](CO)[C@H](O)[C@H](O)[C@H]2NC(C)=O)NC(=O)CCc2ccc(OP(OCCC#N)N(C(C)C)C(C)C)cc2)O[C@H](CO)[C@H](O)[C@@H]1O. The highest BCUT2D eigenvalue weighted by Crippen LogP contribution is 2.46. The van der Waals surface area contributed by atoms with E-state index in [1.165, 1.54) is 20.8 Å². The molecule has 3 fully saturated rings. The molecule has 1 aromatic rings. The summed E-state index contributed by atoms with van der Waals surface area (Å²) in [4.78, 5) is 89.0. The van der Waals surface area contributed by atoms with Gasteiger partial charge in [-0.1, -0.05) is 12.1 Å². The molecular weight excluding hydrogens is 1440 g/mol. The smallest absolute Gasteiger partial charge is 0.321 e. The summed E-state index contributed by atoms with van der Waals surface area (Å²) in [6, 6.07) is 5.88. The average molecular weight is 1560 g/mol. The molecule has 1 aromatic carbocycles. The molecule has 107 heavy (non-hydrogen) atoms. The van der Waals surface area contributed by atoms with E-state index in [1.54, 1.807) is 24.3 Å². The van der Waals surface area contributed by atoms with Gasteiger partial charge >= 0.3 is 8.53 Å². The third-order valence-corrected chi connectivity index (χ3v) is 18.4. The van der Waals surface area contributed by atoms with E-state index in [4.69, 9.17) is 65.9 Å². The molecule has 3 saturated heterocycles. The molecule has 0 aliphatic carbocycles. The van der Waals surface area contributed by atoms with E-state index in [1.807, 2.05) is 27.7 Å². The first-order chi connectivity index (χ1) is 51.2. The minimum absolute atomic E-state index is 0.0187. The lowest BCUT2D eigenvalue weighted by molar-refractivity contribution is -0.272. The lowest BCUT2D eigenvalue weighted by atomic mass is 9.97. The van der Waals surface area contributed by atoms with Gasteiger partial charge in [0.2, 0.25) is 41.4 Å². The molecule has 1 unspecified atom stereocenters. The van der Waals surface area contributed by atoms with Gasteiger partial charge in [-0.25, -0.2) is 4.67 Å². The normalized spacial score (nSPS) is 24.8. The van der Waals surface area contributed by atoms with E-state index in [-0.39, 0.29) is 176 Å². The van der Waals surface area contributed by atoms with Gasteiger partial charge in [0.1, 0.15) is 84.3 Å². The van der Waals surface area contributed by atoms with Crippen molar-refractivity contribution in [1.82, 2.24) is 41.9 Å². The number of aliphatic hydroxyl groups excluding tert-OH is 9. The molecule has 3 aliphatic rings. The molecule has 7 amide bonds. The fraction of sp³-hybridized carbons (Fsp3) is 0.791. The third-order valence-electron chi connectivity index (χ3n) is 16.4. The van der Waals surface area contributed by atoms with Gasteiger partial charge in [-0.15, -0.1) is 0 Å². The highest BCUT2D eigenvalue weighted by Gasteiger charge is 2.48. The molecule has 4 rings (SSSR count). The maximum atomic E-state index is 14.2. The number of hydrogen-bond acceptors (Lipinski definition) is 32. The summed E-state index contributed by atoms with van der Waals surface area (Å²) in [5.41, 5.74) is -0.757. The van der Waals surface area contributed by atoms with Gasteiger partial charge in [0.05, 0.1) is 138 Å². The Balaban J connectivity index is 1.41. The van der Waals surface area contributed by atoms with Gasteiger partial charge in [0.15, 0.2) is 18.9 Å². The maximum Gasteiger partial charge on any atom is 0.321 e. The quantitative estimate of drug-likeness (QED) is 0.0214. The number of carbonyl (C=O) groups excluding carboxylic acids is 7. The molecule has 16 N–H and O–H groups in total. The Morgan fingerprint density at radius 3 is 1.16 bits per heavy atom. The number of rotatable bonds is 54. The summed E-state index contributed by atoms with van der Waals surface area (Å²) in [5, 5.41) is 119. The zero-order valence-corrected chi connectivity index (χ0v) is 62.8.